The van der Waals surface area contributed by atoms with E-state index in [-0.39, 0.29) is 5.75 Å². The van der Waals surface area contributed by atoms with Crippen molar-refractivity contribution in [1.82, 2.24) is 0 Å². The number of hydrogen-bond acceptors (Lipinski definition) is 4. The number of benzene rings is 2. The van der Waals surface area contributed by atoms with Gasteiger partial charge >= 0.3 is 0 Å². The van der Waals surface area contributed by atoms with Crippen molar-refractivity contribution in [3.8, 4) is 11.5 Å². The van der Waals surface area contributed by atoms with Gasteiger partial charge in [-0.1, -0.05) is 12.1 Å². The number of methoxy groups -OCH3 is 1. The van der Waals surface area contributed by atoms with Crippen molar-refractivity contribution in [2.24, 2.45) is 0 Å². The minimum atomic E-state index is 0.134. The van der Waals surface area contributed by atoms with Crippen LogP contribution in [0.3, 0.4) is 0 Å². The summed E-state index contributed by atoms with van der Waals surface area (Å²) in [5.41, 5.74) is 12.0. The summed E-state index contributed by atoms with van der Waals surface area (Å²) in [6, 6.07) is 13.5. The van der Waals surface area contributed by atoms with Gasteiger partial charge in [-0.15, -0.1) is 0 Å². The Balaban J connectivity index is 0.000000180. The second-order valence-electron chi connectivity index (χ2n) is 3.43. The summed E-state index contributed by atoms with van der Waals surface area (Å²) < 4.78 is 16.3. The van der Waals surface area contributed by atoms with Gasteiger partial charge in [-0.3, -0.25) is 4.94 Å². The number of ether oxygens (including phenoxy) is 1. The van der Waals surface area contributed by atoms with Gasteiger partial charge in [-0.05, 0) is 24.3 Å². The SMILES string of the molecule is COc1cccc(N)c1.Nc1cccc(OF)c1. The summed E-state index contributed by atoms with van der Waals surface area (Å²) >= 11 is 0. The summed E-state index contributed by atoms with van der Waals surface area (Å²) in [4.78, 5) is 3.42. The maximum absolute atomic E-state index is 11.3. The average Bonchev–Trinajstić information content (AvgIpc) is 2.39. The Bertz CT molecular complexity index is 446. The molecule has 2 aromatic rings. The predicted octanol–water partition coefficient (Wildman–Crippen LogP) is 2.81. The Kier molecular flexibility index (Phi) is 5.31. The van der Waals surface area contributed by atoms with Crippen molar-refractivity contribution in [2.75, 3.05) is 18.6 Å². The van der Waals surface area contributed by atoms with Crippen LogP contribution >= 0.6 is 0 Å². The van der Waals surface area contributed by atoms with E-state index in [1.807, 2.05) is 18.2 Å². The van der Waals surface area contributed by atoms with Gasteiger partial charge in [0, 0.05) is 28.0 Å². The lowest BCUT2D eigenvalue weighted by atomic mass is 10.3. The fraction of sp³-hybridized carbons (Fsp3) is 0.0769. The van der Waals surface area contributed by atoms with Gasteiger partial charge < -0.3 is 16.2 Å². The first kappa shape index (κ1) is 13.6. The summed E-state index contributed by atoms with van der Waals surface area (Å²) in [7, 11) is 1.62. The van der Waals surface area contributed by atoms with Crippen LogP contribution in [-0.2, 0) is 0 Å². The summed E-state index contributed by atoms with van der Waals surface area (Å²) in [6.45, 7) is 0. The zero-order chi connectivity index (χ0) is 13.4. The number of anilines is 2. The lowest BCUT2D eigenvalue weighted by Crippen LogP contribution is -1.86. The van der Waals surface area contributed by atoms with Crippen LogP contribution in [0.2, 0.25) is 0 Å². The van der Waals surface area contributed by atoms with E-state index in [0.717, 1.165) is 11.4 Å². The number of halogens is 1. The Hall–Kier alpha value is -2.43. The molecular weight excluding hydrogens is 235 g/mol. The zero-order valence-electron chi connectivity index (χ0n) is 9.97. The molecule has 0 amide bonds. The molecule has 0 unspecified atom stereocenters. The minimum absolute atomic E-state index is 0.134. The first-order valence-corrected chi connectivity index (χ1v) is 5.19. The van der Waals surface area contributed by atoms with E-state index < -0.39 is 0 Å². The first-order valence-electron chi connectivity index (χ1n) is 5.19. The second kappa shape index (κ2) is 7.01. The lowest BCUT2D eigenvalue weighted by Gasteiger charge is -1.97. The van der Waals surface area contributed by atoms with E-state index in [1.54, 1.807) is 25.3 Å². The molecule has 0 saturated heterocycles. The Morgan fingerprint density at radius 1 is 0.889 bits per heavy atom. The second-order valence-corrected chi connectivity index (χ2v) is 3.43. The molecular formula is C13H15FN2O2. The van der Waals surface area contributed by atoms with E-state index in [0.29, 0.717) is 5.69 Å². The van der Waals surface area contributed by atoms with Crippen molar-refractivity contribution in [1.29, 1.82) is 0 Å². The highest BCUT2D eigenvalue weighted by atomic mass is 19.3. The fourth-order valence-electron chi connectivity index (χ4n) is 1.20. The Labute approximate surface area is 105 Å². The van der Waals surface area contributed by atoms with Crippen LogP contribution in [0.5, 0.6) is 11.5 Å². The van der Waals surface area contributed by atoms with Crippen molar-refractivity contribution < 1.29 is 14.2 Å². The van der Waals surface area contributed by atoms with Crippen LogP contribution < -0.4 is 21.1 Å². The molecule has 0 aromatic heterocycles. The summed E-state index contributed by atoms with van der Waals surface area (Å²) in [5, 5.41) is 0. The van der Waals surface area contributed by atoms with E-state index >= 15 is 0 Å². The first-order chi connectivity index (χ1) is 8.65. The summed E-state index contributed by atoms with van der Waals surface area (Å²) in [5.74, 6) is 0.935. The highest BCUT2D eigenvalue weighted by Gasteiger charge is 1.90. The highest BCUT2D eigenvalue weighted by molar-refractivity contribution is 5.43. The normalized spacial score (nSPS) is 9.00. The molecule has 18 heavy (non-hydrogen) atoms. The van der Waals surface area contributed by atoms with E-state index in [9.17, 15) is 4.53 Å². The van der Waals surface area contributed by atoms with Crippen LogP contribution in [0.4, 0.5) is 15.9 Å². The molecule has 4 N–H and O–H groups in total. The maximum atomic E-state index is 11.3. The van der Waals surface area contributed by atoms with E-state index in [4.69, 9.17) is 16.2 Å². The van der Waals surface area contributed by atoms with Crippen molar-refractivity contribution >= 4 is 11.4 Å². The third-order valence-corrected chi connectivity index (χ3v) is 2.04. The van der Waals surface area contributed by atoms with Crippen molar-refractivity contribution in [3.05, 3.63) is 48.5 Å². The molecule has 0 radical (unpaired) electrons. The molecule has 4 nitrogen and oxygen atoms in total. The Morgan fingerprint density at radius 2 is 1.39 bits per heavy atom. The van der Waals surface area contributed by atoms with Crippen molar-refractivity contribution in [3.63, 3.8) is 0 Å². The van der Waals surface area contributed by atoms with Crippen molar-refractivity contribution in [2.45, 2.75) is 0 Å². The number of nitrogen functional groups attached to an aromatic ring is 2. The Morgan fingerprint density at radius 3 is 1.72 bits per heavy atom. The average molecular weight is 250 g/mol. The third-order valence-electron chi connectivity index (χ3n) is 2.04. The van der Waals surface area contributed by atoms with E-state index in [2.05, 4.69) is 4.94 Å². The largest absolute Gasteiger partial charge is 0.497 e. The van der Waals surface area contributed by atoms with Gasteiger partial charge in [0.1, 0.15) is 5.75 Å². The van der Waals surface area contributed by atoms with Gasteiger partial charge in [0.2, 0.25) is 0 Å². The highest BCUT2D eigenvalue weighted by Crippen LogP contribution is 2.14. The van der Waals surface area contributed by atoms with Gasteiger partial charge in [0.15, 0.2) is 5.75 Å². The van der Waals surface area contributed by atoms with Crippen LogP contribution in [0.1, 0.15) is 0 Å². The molecule has 0 aliphatic heterocycles. The van der Waals surface area contributed by atoms with Crippen LogP contribution in [0, 0.1) is 0 Å². The molecule has 2 aromatic carbocycles. The standard InChI is InChI=1S/C7H9NO.C6H6FNO/c1-9-7-4-2-3-6(8)5-7;7-9-6-3-1-2-5(8)4-6/h2-5H,8H2,1H3;1-4H,8H2. The molecule has 0 aliphatic carbocycles. The lowest BCUT2D eigenvalue weighted by molar-refractivity contribution is -0.00612. The van der Waals surface area contributed by atoms with Gasteiger partial charge in [0.25, 0.3) is 0 Å². The number of nitrogens with two attached hydrogens (primary N) is 2. The molecule has 96 valence electrons. The molecule has 0 bridgehead atoms. The molecule has 2 rings (SSSR count). The third kappa shape index (κ3) is 4.61. The van der Waals surface area contributed by atoms with Crippen LogP contribution in [0.25, 0.3) is 0 Å². The van der Waals surface area contributed by atoms with Gasteiger partial charge in [0.05, 0.1) is 7.11 Å². The predicted molar refractivity (Wildman–Crippen MR) is 70.0 cm³/mol. The minimum Gasteiger partial charge on any atom is -0.497 e. The fourth-order valence-corrected chi connectivity index (χ4v) is 1.20. The number of hydrogen-bond donors (Lipinski definition) is 2. The quantitative estimate of drug-likeness (QED) is 0.804. The van der Waals surface area contributed by atoms with Gasteiger partial charge in [-0.25, -0.2) is 0 Å². The number of rotatable bonds is 2. The van der Waals surface area contributed by atoms with Crippen LogP contribution in [0.15, 0.2) is 48.5 Å². The molecule has 0 atom stereocenters. The van der Waals surface area contributed by atoms with Gasteiger partial charge in [-0.2, -0.15) is 0 Å². The smallest absolute Gasteiger partial charge is 0.173 e. The van der Waals surface area contributed by atoms with E-state index in [1.165, 1.54) is 12.1 Å². The summed E-state index contributed by atoms with van der Waals surface area (Å²) in [6.07, 6.45) is 0. The zero-order valence-corrected chi connectivity index (χ0v) is 9.97. The maximum Gasteiger partial charge on any atom is 0.173 e. The molecule has 0 heterocycles. The van der Waals surface area contributed by atoms with Crippen LogP contribution in [-0.4, -0.2) is 7.11 Å². The molecule has 0 spiro atoms. The topological polar surface area (TPSA) is 70.5 Å². The molecule has 0 aliphatic rings. The molecule has 0 fully saturated rings. The molecule has 5 heteroatoms. The molecule has 0 saturated carbocycles. The monoisotopic (exact) mass is 250 g/mol.